The molecule has 2 rings (SSSR count). The molecular weight excluding hydrogens is 298 g/mol. The summed E-state index contributed by atoms with van der Waals surface area (Å²) < 4.78 is 51.7. The summed E-state index contributed by atoms with van der Waals surface area (Å²) in [5.74, 6) is -1.90. The van der Waals surface area contributed by atoms with Gasteiger partial charge in [-0.1, -0.05) is 12.1 Å². The molecular formula is C12H12ClF4N3. The smallest absolute Gasteiger partial charge is 0.333 e. The van der Waals surface area contributed by atoms with Crippen LogP contribution in [0, 0.1) is 18.6 Å². The van der Waals surface area contributed by atoms with Gasteiger partial charge in [-0.05, 0) is 13.0 Å². The molecule has 2 aromatic rings. The van der Waals surface area contributed by atoms with Gasteiger partial charge in [0, 0.05) is 12.1 Å². The summed E-state index contributed by atoms with van der Waals surface area (Å²) in [5.41, 5.74) is 0.824. The van der Waals surface area contributed by atoms with Crippen molar-refractivity contribution in [3.63, 3.8) is 0 Å². The number of aromatic nitrogens is 2. The molecule has 0 aliphatic carbocycles. The Hall–Kier alpha value is -1.76. The first-order valence-electron chi connectivity index (χ1n) is 5.49. The monoisotopic (exact) mass is 309 g/mol. The number of hydrogen-bond donors (Lipinski definition) is 1. The molecule has 0 spiro atoms. The topological polar surface area (TPSA) is 29.9 Å². The molecule has 1 aromatic heterocycles. The highest BCUT2D eigenvalue weighted by Gasteiger charge is 2.12. The van der Waals surface area contributed by atoms with E-state index in [0.717, 1.165) is 12.3 Å². The van der Waals surface area contributed by atoms with Crippen molar-refractivity contribution in [2.24, 2.45) is 0 Å². The zero-order valence-electron chi connectivity index (χ0n) is 10.4. The second-order valence-corrected chi connectivity index (χ2v) is 3.95. The fourth-order valence-corrected chi connectivity index (χ4v) is 1.63. The third-order valence-electron chi connectivity index (χ3n) is 2.62. The molecule has 0 radical (unpaired) electrons. The van der Waals surface area contributed by atoms with E-state index < -0.39 is 18.2 Å². The third kappa shape index (κ3) is 3.41. The van der Waals surface area contributed by atoms with Crippen LogP contribution in [0.4, 0.5) is 23.2 Å². The van der Waals surface area contributed by atoms with Crippen LogP contribution in [0.1, 0.15) is 17.8 Å². The van der Waals surface area contributed by atoms with E-state index in [9.17, 15) is 17.6 Å². The minimum Gasteiger partial charge on any atom is -0.378 e. The Morgan fingerprint density at radius 1 is 1.30 bits per heavy atom. The van der Waals surface area contributed by atoms with Crippen LogP contribution in [0.5, 0.6) is 0 Å². The Morgan fingerprint density at radius 2 is 2.00 bits per heavy atom. The predicted molar refractivity (Wildman–Crippen MR) is 69.1 cm³/mol. The lowest BCUT2D eigenvalue weighted by molar-refractivity contribution is 0.0563. The van der Waals surface area contributed by atoms with Gasteiger partial charge in [0.1, 0.15) is 0 Å². The fraction of sp³-hybridized carbons (Fsp3) is 0.250. The Bertz CT molecular complexity index is 586. The molecule has 0 aliphatic heterocycles. The van der Waals surface area contributed by atoms with Crippen LogP contribution >= 0.6 is 12.4 Å². The van der Waals surface area contributed by atoms with Crippen LogP contribution in [-0.4, -0.2) is 9.78 Å². The summed E-state index contributed by atoms with van der Waals surface area (Å²) in [7, 11) is 0. The molecule has 0 aliphatic rings. The predicted octanol–water partition coefficient (Wildman–Crippen LogP) is 3.90. The minimum atomic E-state index is -2.74. The largest absolute Gasteiger partial charge is 0.378 e. The van der Waals surface area contributed by atoms with Gasteiger partial charge < -0.3 is 5.32 Å². The normalized spacial score (nSPS) is 10.5. The van der Waals surface area contributed by atoms with Crippen molar-refractivity contribution in [1.29, 1.82) is 0 Å². The number of alkyl halides is 2. The SMILES string of the molecule is Cc1nn(C(F)F)cc1NCc1cccc(F)c1F.Cl. The lowest BCUT2D eigenvalue weighted by Gasteiger charge is -2.06. The second-order valence-electron chi connectivity index (χ2n) is 3.95. The molecule has 20 heavy (non-hydrogen) atoms. The second kappa shape index (κ2) is 6.60. The fourth-order valence-electron chi connectivity index (χ4n) is 1.63. The first kappa shape index (κ1) is 16.3. The average Bonchev–Trinajstić information content (AvgIpc) is 2.73. The highest BCUT2D eigenvalue weighted by Crippen LogP contribution is 2.19. The van der Waals surface area contributed by atoms with E-state index in [0.29, 0.717) is 16.1 Å². The van der Waals surface area contributed by atoms with E-state index in [4.69, 9.17) is 0 Å². The number of nitrogens with one attached hydrogen (secondary N) is 1. The van der Waals surface area contributed by atoms with Crippen LogP contribution in [-0.2, 0) is 6.54 Å². The van der Waals surface area contributed by atoms with Gasteiger partial charge in [0.2, 0.25) is 0 Å². The molecule has 1 aromatic carbocycles. The first-order valence-corrected chi connectivity index (χ1v) is 5.49. The lowest BCUT2D eigenvalue weighted by atomic mass is 10.2. The molecule has 0 unspecified atom stereocenters. The van der Waals surface area contributed by atoms with Crippen molar-refractivity contribution < 1.29 is 17.6 Å². The van der Waals surface area contributed by atoms with Crippen molar-refractivity contribution in [1.82, 2.24) is 9.78 Å². The molecule has 1 heterocycles. The van der Waals surface area contributed by atoms with Gasteiger partial charge in [0.25, 0.3) is 0 Å². The van der Waals surface area contributed by atoms with Crippen molar-refractivity contribution >= 4 is 18.1 Å². The van der Waals surface area contributed by atoms with Gasteiger partial charge in [-0.15, -0.1) is 12.4 Å². The maximum atomic E-state index is 13.4. The number of halogens is 5. The molecule has 0 fully saturated rings. The number of benzene rings is 1. The van der Waals surface area contributed by atoms with Crippen LogP contribution in [0.25, 0.3) is 0 Å². The number of hydrogen-bond acceptors (Lipinski definition) is 2. The van der Waals surface area contributed by atoms with Gasteiger partial charge in [-0.25, -0.2) is 13.5 Å². The van der Waals surface area contributed by atoms with E-state index >= 15 is 0 Å². The van der Waals surface area contributed by atoms with E-state index in [1.54, 1.807) is 6.92 Å². The molecule has 8 heteroatoms. The number of nitrogens with zero attached hydrogens (tertiary/aromatic N) is 2. The molecule has 0 bridgehead atoms. The molecule has 0 saturated carbocycles. The van der Waals surface area contributed by atoms with Gasteiger partial charge in [0.05, 0.1) is 17.6 Å². The first-order chi connectivity index (χ1) is 8.99. The Balaban J connectivity index is 0.00000200. The van der Waals surface area contributed by atoms with E-state index in [1.807, 2.05) is 0 Å². The maximum Gasteiger partial charge on any atom is 0.333 e. The standard InChI is InChI=1S/C12H11F4N3.ClH/c1-7-10(6-19(18-7)12(15)16)17-5-8-3-2-4-9(13)11(8)14;/h2-4,6,12,17H,5H2,1H3;1H. The summed E-state index contributed by atoms with van der Waals surface area (Å²) in [6, 6.07) is 3.81. The van der Waals surface area contributed by atoms with Crippen LogP contribution in [0.3, 0.4) is 0 Å². The van der Waals surface area contributed by atoms with E-state index in [-0.39, 0.29) is 24.5 Å². The third-order valence-corrected chi connectivity index (χ3v) is 2.62. The van der Waals surface area contributed by atoms with Crippen molar-refractivity contribution in [2.45, 2.75) is 20.0 Å². The van der Waals surface area contributed by atoms with Crippen molar-refractivity contribution in [2.75, 3.05) is 5.32 Å². The van der Waals surface area contributed by atoms with Crippen molar-refractivity contribution in [3.05, 3.63) is 47.3 Å². The Kier molecular flexibility index (Phi) is 5.38. The van der Waals surface area contributed by atoms with Crippen LogP contribution in [0.2, 0.25) is 0 Å². The van der Waals surface area contributed by atoms with Crippen molar-refractivity contribution in [3.8, 4) is 0 Å². The number of aryl methyl sites for hydroxylation is 1. The summed E-state index contributed by atoms with van der Waals surface area (Å²) >= 11 is 0. The summed E-state index contributed by atoms with van der Waals surface area (Å²) in [5, 5.41) is 6.35. The van der Waals surface area contributed by atoms with Gasteiger partial charge >= 0.3 is 6.55 Å². The molecule has 0 saturated heterocycles. The Morgan fingerprint density at radius 3 is 2.60 bits per heavy atom. The number of anilines is 1. The highest BCUT2D eigenvalue weighted by molar-refractivity contribution is 5.85. The summed E-state index contributed by atoms with van der Waals surface area (Å²) in [6.45, 7) is -1.21. The summed E-state index contributed by atoms with van der Waals surface area (Å²) in [6.07, 6.45) is 1.12. The molecule has 0 amide bonds. The van der Waals surface area contributed by atoms with E-state index in [1.165, 1.54) is 12.1 Å². The number of rotatable bonds is 4. The van der Waals surface area contributed by atoms with Crippen LogP contribution in [0.15, 0.2) is 24.4 Å². The van der Waals surface area contributed by atoms with E-state index in [2.05, 4.69) is 10.4 Å². The molecule has 1 N–H and O–H groups in total. The molecule has 0 atom stereocenters. The highest BCUT2D eigenvalue weighted by atomic mass is 35.5. The Labute approximate surface area is 119 Å². The zero-order chi connectivity index (χ0) is 14.0. The summed E-state index contributed by atoms with van der Waals surface area (Å²) in [4.78, 5) is 0. The molecule has 3 nitrogen and oxygen atoms in total. The average molecular weight is 310 g/mol. The lowest BCUT2D eigenvalue weighted by Crippen LogP contribution is -2.03. The maximum absolute atomic E-state index is 13.4. The zero-order valence-corrected chi connectivity index (χ0v) is 11.2. The van der Waals surface area contributed by atoms with Gasteiger partial charge in [-0.2, -0.15) is 13.9 Å². The quantitative estimate of drug-likeness (QED) is 0.868. The van der Waals surface area contributed by atoms with Gasteiger partial charge in [0.15, 0.2) is 11.6 Å². The molecule has 110 valence electrons. The van der Waals surface area contributed by atoms with Gasteiger partial charge in [-0.3, -0.25) is 0 Å². The van der Waals surface area contributed by atoms with Crippen LogP contribution < -0.4 is 5.32 Å². The minimum absolute atomic E-state index is 0.